The smallest absolute Gasteiger partial charge is 0.406 e. The standard InChI is InChI=1S/C19H18N4O4S/c24-23(25)18-16(27-12-13-1-5-20-6-2-13)9-15(10-21-18)17-11-22-19(28-17)14-3-7-26-8-4-14/h1-2,5-6,9-11,14H,3-4,7-8,12H2. The average Bonchev–Trinajstić information content (AvgIpc) is 3.24. The molecule has 0 aromatic carbocycles. The first-order valence-corrected chi connectivity index (χ1v) is 9.72. The van der Waals surface area contributed by atoms with Gasteiger partial charge in [-0.25, -0.2) is 4.98 Å². The summed E-state index contributed by atoms with van der Waals surface area (Å²) in [7, 11) is 0. The molecule has 8 nitrogen and oxygen atoms in total. The van der Waals surface area contributed by atoms with E-state index in [0.717, 1.165) is 47.1 Å². The molecule has 0 saturated carbocycles. The maximum absolute atomic E-state index is 11.3. The van der Waals surface area contributed by atoms with E-state index in [1.54, 1.807) is 48.1 Å². The summed E-state index contributed by atoms with van der Waals surface area (Å²) in [6.45, 7) is 1.71. The van der Waals surface area contributed by atoms with Crippen LogP contribution in [-0.2, 0) is 11.3 Å². The lowest BCUT2D eigenvalue weighted by Gasteiger charge is -2.19. The van der Waals surface area contributed by atoms with E-state index in [-0.39, 0.29) is 18.2 Å². The molecule has 3 aromatic rings. The van der Waals surface area contributed by atoms with Gasteiger partial charge >= 0.3 is 5.82 Å². The van der Waals surface area contributed by atoms with E-state index in [9.17, 15) is 10.1 Å². The van der Waals surface area contributed by atoms with Gasteiger partial charge in [-0.15, -0.1) is 11.3 Å². The lowest BCUT2D eigenvalue weighted by Crippen LogP contribution is -2.13. The fourth-order valence-corrected chi connectivity index (χ4v) is 4.08. The number of pyridine rings is 2. The molecule has 0 aliphatic carbocycles. The Morgan fingerprint density at radius 1 is 1.21 bits per heavy atom. The maximum atomic E-state index is 11.3. The molecule has 1 saturated heterocycles. The summed E-state index contributed by atoms with van der Waals surface area (Å²) in [4.78, 5) is 24.2. The number of rotatable bonds is 6. The van der Waals surface area contributed by atoms with Crippen molar-refractivity contribution in [2.75, 3.05) is 13.2 Å². The highest BCUT2D eigenvalue weighted by Gasteiger charge is 2.22. The molecule has 1 fully saturated rings. The molecular weight excluding hydrogens is 380 g/mol. The molecule has 144 valence electrons. The van der Waals surface area contributed by atoms with Crippen molar-refractivity contribution in [3.8, 4) is 16.2 Å². The third-order valence-corrected chi connectivity index (χ3v) is 5.74. The third-order valence-electron chi connectivity index (χ3n) is 4.53. The van der Waals surface area contributed by atoms with Crippen molar-refractivity contribution in [2.24, 2.45) is 0 Å². The molecule has 0 N–H and O–H groups in total. The SMILES string of the molecule is O=[N+]([O-])c1ncc(-c2cnc(C3CCOCC3)s2)cc1OCc1ccncc1. The van der Waals surface area contributed by atoms with Crippen LogP contribution in [0.5, 0.6) is 5.75 Å². The Morgan fingerprint density at radius 2 is 2.00 bits per heavy atom. The third kappa shape index (κ3) is 4.15. The molecule has 0 bridgehead atoms. The van der Waals surface area contributed by atoms with Gasteiger partial charge in [-0.1, -0.05) is 0 Å². The molecule has 0 atom stereocenters. The topological polar surface area (TPSA) is 100 Å². The van der Waals surface area contributed by atoms with Crippen molar-refractivity contribution in [3.05, 3.63) is 63.7 Å². The van der Waals surface area contributed by atoms with E-state index in [1.165, 1.54) is 6.20 Å². The Balaban J connectivity index is 1.57. The van der Waals surface area contributed by atoms with Crippen LogP contribution in [0, 0.1) is 10.1 Å². The summed E-state index contributed by atoms with van der Waals surface area (Å²) in [5.74, 6) is 0.244. The fraction of sp³-hybridized carbons (Fsp3) is 0.316. The molecular formula is C19H18N4O4S. The zero-order valence-corrected chi connectivity index (χ0v) is 15.8. The number of hydrogen-bond donors (Lipinski definition) is 0. The maximum Gasteiger partial charge on any atom is 0.406 e. The molecule has 0 amide bonds. The molecule has 28 heavy (non-hydrogen) atoms. The molecule has 3 aromatic heterocycles. The first-order valence-electron chi connectivity index (χ1n) is 8.90. The summed E-state index contributed by atoms with van der Waals surface area (Å²) < 4.78 is 11.1. The molecule has 9 heteroatoms. The molecule has 4 rings (SSSR count). The fourth-order valence-electron chi connectivity index (χ4n) is 3.01. The minimum Gasteiger partial charge on any atom is -0.481 e. The van der Waals surface area contributed by atoms with Gasteiger partial charge < -0.3 is 19.6 Å². The van der Waals surface area contributed by atoms with Crippen molar-refractivity contribution < 1.29 is 14.4 Å². The number of aromatic nitrogens is 3. The van der Waals surface area contributed by atoms with Crippen LogP contribution in [0.2, 0.25) is 0 Å². The molecule has 1 aliphatic heterocycles. The average molecular weight is 398 g/mol. The highest BCUT2D eigenvalue weighted by atomic mass is 32.1. The highest BCUT2D eigenvalue weighted by molar-refractivity contribution is 7.15. The Kier molecular flexibility index (Phi) is 5.54. The van der Waals surface area contributed by atoms with Crippen LogP contribution in [-0.4, -0.2) is 33.1 Å². The van der Waals surface area contributed by atoms with E-state index < -0.39 is 4.92 Å². The van der Waals surface area contributed by atoms with Crippen molar-refractivity contribution in [3.63, 3.8) is 0 Å². The van der Waals surface area contributed by atoms with E-state index in [0.29, 0.717) is 5.92 Å². The van der Waals surface area contributed by atoms with E-state index >= 15 is 0 Å². The minimum atomic E-state index is -0.536. The second-order valence-electron chi connectivity index (χ2n) is 6.40. The number of thiazole rings is 1. The Morgan fingerprint density at radius 3 is 2.75 bits per heavy atom. The largest absolute Gasteiger partial charge is 0.481 e. The monoisotopic (exact) mass is 398 g/mol. The molecule has 1 aliphatic rings. The van der Waals surface area contributed by atoms with E-state index in [1.807, 2.05) is 0 Å². The number of nitrogens with zero attached hydrogens (tertiary/aromatic N) is 4. The van der Waals surface area contributed by atoms with Crippen LogP contribution in [0.15, 0.2) is 43.0 Å². The Hall–Kier alpha value is -2.91. The molecule has 0 unspecified atom stereocenters. The Bertz CT molecular complexity index is 958. The number of nitro groups is 1. The zero-order chi connectivity index (χ0) is 19.3. The van der Waals surface area contributed by atoms with Gasteiger partial charge in [0.1, 0.15) is 12.8 Å². The highest BCUT2D eigenvalue weighted by Crippen LogP contribution is 2.37. The van der Waals surface area contributed by atoms with Gasteiger partial charge in [-0.3, -0.25) is 4.98 Å². The van der Waals surface area contributed by atoms with Gasteiger partial charge in [0.15, 0.2) is 0 Å². The quantitative estimate of drug-likeness (QED) is 0.457. The van der Waals surface area contributed by atoms with Gasteiger partial charge in [0.25, 0.3) is 0 Å². The Labute approximate surface area is 165 Å². The van der Waals surface area contributed by atoms with Crippen LogP contribution in [0.4, 0.5) is 5.82 Å². The number of ether oxygens (including phenoxy) is 2. The lowest BCUT2D eigenvalue weighted by molar-refractivity contribution is -0.390. The molecule has 0 radical (unpaired) electrons. The van der Waals surface area contributed by atoms with Crippen LogP contribution < -0.4 is 4.74 Å². The lowest BCUT2D eigenvalue weighted by atomic mass is 10.0. The first-order chi connectivity index (χ1) is 13.7. The second kappa shape index (κ2) is 8.41. The van der Waals surface area contributed by atoms with E-state index in [4.69, 9.17) is 9.47 Å². The normalized spacial score (nSPS) is 14.7. The van der Waals surface area contributed by atoms with Crippen molar-refractivity contribution in [1.29, 1.82) is 0 Å². The van der Waals surface area contributed by atoms with Crippen molar-refractivity contribution in [1.82, 2.24) is 15.0 Å². The van der Waals surface area contributed by atoms with Crippen LogP contribution >= 0.6 is 11.3 Å². The van der Waals surface area contributed by atoms with Gasteiger partial charge in [0.05, 0.1) is 9.88 Å². The van der Waals surface area contributed by atoms with Gasteiger partial charge in [-0.2, -0.15) is 0 Å². The van der Waals surface area contributed by atoms with Gasteiger partial charge in [0, 0.05) is 49.4 Å². The number of hydrogen-bond acceptors (Lipinski definition) is 8. The predicted octanol–water partition coefficient (Wildman–Crippen LogP) is 3.98. The van der Waals surface area contributed by atoms with Gasteiger partial charge in [0.2, 0.25) is 5.75 Å². The van der Waals surface area contributed by atoms with Gasteiger partial charge in [-0.05, 0) is 40.4 Å². The van der Waals surface area contributed by atoms with Crippen molar-refractivity contribution >= 4 is 17.2 Å². The molecule has 4 heterocycles. The summed E-state index contributed by atoms with van der Waals surface area (Å²) >= 11 is 1.59. The molecule has 0 spiro atoms. The zero-order valence-electron chi connectivity index (χ0n) is 15.0. The summed E-state index contributed by atoms with van der Waals surface area (Å²) in [5, 5.41) is 12.4. The van der Waals surface area contributed by atoms with Crippen molar-refractivity contribution in [2.45, 2.75) is 25.4 Å². The van der Waals surface area contributed by atoms with Crippen LogP contribution in [0.3, 0.4) is 0 Å². The summed E-state index contributed by atoms with van der Waals surface area (Å²) in [5.41, 5.74) is 1.63. The second-order valence-corrected chi connectivity index (χ2v) is 7.46. The van der Waals surface area contributed by atoms with E-state index in [2.05, 4.69) is 15.0 Å². The first kappa shape index (κ1) is 18.5. The summed E-state index contributed by atoms with van der Waals surface area (Å²) in [6.07, 6.45) is 8.52. The minimum absolute atomic E-state index is 0.139. The summed E-state index contributed by atoms with van der Waals surface area (Å²) in [6, 6.07) is 5.26. The predicted molar refractivity (Wildman–Crippen MR) is 103 cm³/mol. The van der Waals surface area contributed by atoms with Crippen LogP contribution in [0.25, 0.3) is 10.4 Å². The van der Waals surface area contributed by atoms with Crippen LogP contribution in [0.1, 0.15) is 29.3 Å².